The van der Waals surface area contributed by atoms with Crippen LogP contribution in [0.15, 0.2) is 36.8 Å². The third-order valence-corrected chi connectivity index (χ3v) is 3.21. The van der Waals surface area contributed by atoms with Crippen molar-refractivity contribution in [2.45, 2.75) is 45.9 Å². The molecule has 0 saturated carbocycles. The summed E-state index contributed by atoms with van der Waals surface area (Å²) in [5, 5.41) is 6.13. The van der Waals surface area contributed by atoms with Crippen LogP contribution in [-0.2, 0) is 11.3 Å². The van der Waals surface area contributed by atoms with Crippen LogP contribution in [0.3, 0.4) is 0 Å². The molecule has 1 unspecified atom stereocenters. The Morgan fingerprint density at radius 1 is 1.30 bits per heavy atom. The molecule has 6 nitrogen and oxygen atoms in total. The molecule has 1 aromatic carbocycles. The van der Waals surface area contributed by atoms with Gasteiger partial charge in [0, 0.05) is 30.2 Å². The molecule has 2 aromatic rings. The van der Waals surface area contributed by atoms with Crippen molar-refractivity contribution >= 4 is 11.8 Å². The number of hydrogen-bond donors (Lipinski definition) is 3. The fourth-order valence-electron chi connectivity index (χ4n) is 2.04. The molecule has 0 fully saturated rings. The van der Waals surface area contributed by atoms with Crippen LogP contribution >= 0.6 is 0 Å². The number of aromatic nitrogens is 2. The van der Waals surface area contributed by atoms with E-state index in [0.29, 0.717) is 5.69 Å². The number of aromatic amines is 1. The number of imidazole rings is 1. The van der Waals surface area contributed by atoms with Gasteiger partial charge in [0.25, 0.3) is 0 Å². The largest absolute Gasteiger partial charge is 0.444 e. The molecule has 1 amide bonds. The van der Waals surface area contributed by atoms with E-state index in [2.05, 4.69) is 27.5 Å². The number of rotatable bonds is 5. The summed E-state index contributed by atoms with van der Waals surface area (Å²) in [5.41, 5.74) is 2.39. The van der Waals surface area contributed by atoms with Crippen molar-refractivity contribution in [3.63, 3.8) is 0 Å². The maximum atomic E-state index is 11.7. The van der Waals surface area contributed by atoms with E-state index in [0.717, 1.165) is 17.8 Å². The van der Waals surface area contributed by atoms with Crippen LogP contribution in [0.1, 0.15) is 45.0 Å². The van der Waals surface area contributed by atoms with Crippen molar-refractivity contribution in [1.29, 1.82) is 0 Å². The van der Waals surface area contributed by atoms with E-state index in [1.54, 1.807) is 12.5 Å². The Labute approximate surface area is 136 Å². The van der Waals surface area contributed by atoms with Crippen LogP contribution in [0.2, 0.25) is 0 Å². The number of nitrogens with one attached hydrogen (secondary N) is 3. The lowest BCUT2D eigenvalue weighted by molar-refractivity contribution is 0.0636. The smallest absolute Gasteiger partial charge is 0.412 e. The number of hydrogen-bond acceptors (Lipinski definition) is 4. The molecule has 23 heavy (non-hydrogen) atoms. The van der Waals surface area contributed by atoms with Crippen molar-refractivity contribution in [3.8, 4) is 0 Å². The molecule has 1 aromatic heterocycles. The van der Waals surface area contributed by atoms with Gasteiger partial charge >= 0.3 is 6.09 Å². The second-order valence-electron chi connectivity index (χ2n) is 6.43. The van der Waals surface area contributed by atoms with Crippen molar-refractivity contribution in [1.82, 2.24) is 15.3 Å². The number of anilines is 1. The van der Waals surface area contributed by atoms with Gasteiger partial charge in [-0.25, -0.2) is 9.78 Å². The maximum absolute atomic E-state index is 11.7. The highest BCUT2D eigenvalue weighted by Crippen LogP contribution is 2.17. The average Bonchev–Trinajstić information content (AvgIpc) is 2.96. The number of amides is 1. The summed E-state index contributed by atoms with van der Waals surface area (Å²) in [6.45, 7) is 8.32. The summed E-state index contributed by atoms with van der Waals surface area (Å²) in [4.78, 5) is 18.8. The third-order valence-electron chi connectivity index (χ3n) is 3.21. The molecule has 0 bridgehead atoms. The van der Waals surface area contributed by atoms with Gasteiger partial charge in [-0.3, -0.25) is 5.32 Å². The summed E-state index contributed by atoms with van der Waals surface area (Å²) < 4.78 is 5.23. The Bertz CT molecular complexity index is 615. The second-order valence-corrected chi connectivity index (χ2v) is 6.43. The van der Waals surface area contributed by atoms with Gasteiger partial charge < -0.3 is 15.0 Å². The number of benzene rings is 1. The average molecular weight is 316 g/mol. The van der Waals surface area contributed by atoms with Gasteiger partial charge in [-0.2, -0.15) is 0 Å². The highest BCUT2D eigenvalue weighted by Gasteiger charge is 2.16. The Balaban J connectivity index is 1.87. The van der Waals surface area contributed by atoms with E-state index in [4.69, 9.17) is 4.74 Å². The Hall–Kier alpha value is -2.34. The van der Waals surface area contributed by atoms with Gasteiger partial charge in [0.2, 0.25) is 0 Å². The molecule has 0 spiro atoms. The summed E-state index contributed by atoms with van der Waals surface area (Å²) in [5.74, 6) is 0. The molecule has 0 saturated heterocycles. The molecule has 124 valence electrons. The number of H-pyrrole nitrogens is 1. The number of carbonyl (C=O) groups is 1. The maximum Gasteiger partial charge on any atom is 0.412 e. The molecule has 3 N–H and O–H groups in total. The van der Waals surface area contributed by atoms with Crippen molar-refractivity contribution in [2.24, 2.45) is 0 Å². The molecule has 1 atom stereocenters. The number of ether oxygens (including phenoxy) is 1. The predicted molar refractivity (Wildman–Crippen MR) is 90.1 cm³/mol. The quantitative estimate of drug-likeness (QED) is 0.787. The lowest BCUT2D eigenvalue weighted by Gasteiger charge is -2.20. The van der Waals surface area contributed by atoms with Gasteiger partial charge in [0.1, 0.15) is 5.60 Å². The standard InChI is InChI=1S/C17H24N4O2/c1-12(19-10-15-9-18-11-20-15)13-5-7-14(8-6-13)21-16(22)23-17(2,3)4/h5-9,11-12,19H,10H2,1-4H3,(H,18,20)(H,21,22). The van der Waals surface area contributed by atoms with Crippen LogP contribution in [0.25, 0.3) is 0 Å². The van der Waals surface area contributed by atoms with E-state index < -0.39 is 11.7 Å². The highest BCUT2D eigenvalue weighted by molar-refractivity contribution is 5.84. The Kier molecular flexibility index (Phi) is 5.39. The zero-order chi connectivity index (χ0) is 16.9. The van der Waals surface area contributed by atoms with Crippen LogP contribution in [-0.4, -0.2) is 21.7 Å². The fourth-order valence-corrected chi connectivity index (χ4v) is 2.04. The van der Waals surface area contributed by atoms with Crippen molar-refractivity contribution < 1.29 is 9.53 Å². The summed E-state index contributed by atoms with van der Waals surface area (Å²) in [6.07, 6.45) is 3.02. The Morgan fingerprint density at radius 2 is 2.00 bits per heavy atom. The molecule has 6 heteroatoms. The highest BCUT2D eigenvalue weighted by atomic mass is 16.6. The first kappa shape index (κ1) is 17.0. The van der Waals surface area contributed by atoms with Gasteiger partial charge in [-0.05, 0) is 45.4 Å². The summed E-state index contributed by atoms with van der Waals surface area (Å²) >= 11 is 0. The normalized spacial score (nSPS) is 12.7. The summed E-state index contributed by atoms with van der Waals surface area (Å²) in [6, 6.07) is 7.89. The van der Waals surface area contributed by atoms with Crippen LogP contribution in [0.4, 0.5) is 10.5 Å². The number of carbonyl (C=O) groups excluding carboxylic acids is 1. The van der Waals surface area contributed by atoms with Gasteiger partial charge in [-0.1, -0.05) is 12.1 Å². The first-order valence-corrected chi connectivity index (χ1v) is 7.64. The first-order chi connectivity index (χ1) is 10.8. The van der Waals surface area contributed by atoms with Crippen LogP contribution in [0, 0.1) is 0 Å². The van der Waals surface area contributed by atoms with E-state index in [1.165, 1.54) is 0 Å². The second kappa shape index (κ2) is 7.28. The predicted octanol–water partition coefficient (Wildman–Crippen LogP) is 3.61. The lowest BCUT2D eigenvalue weighted by Crippen LogP contribution is -2.27. The molecular weight excluding hydrogens is 292 g/mol. The first-order valence-electron chi connectivity index (χ1n) is 7.64. The topological polar surface area (TPSA) is 79.0 Å². The number of nitrogens with zero attached hydrogens (tertiary/aromatic N) is 1. The van der Waals surface area contributed by atoms with Crippen LogP contribution in [0.5, 0.6) is 0 Å². The van der Waals surface area contributed by atoms with Gasteiger partial charge in [-0.15, -0.1) is 0 Å². The van der Waals surface area contributed by atoms with Gasteiger partial charge in [0.05, 0.1) is 6.33 Å². The van der Waals surface area contributed by atoms with Crippen LogP contribution < -0.4 is 10.6 Å². The Morgan fingerprint density at radius 3 is 2.57 bits per heavy atom. The minimum atomic E-state index is -0.505. The minimum Gasteiger partial charge on any atom is -0.444 e. The van der Waals surface area contributed by atoms with E-state index in [9.17, 15) is 4.79 Å². The minimum absolute atomic E-state index is 0.189. The fraction of sp³-hybridized carbons (Fsp3) is 0.412. The molecular formula is C17H24N4O2. The molecule has 1 heterocycles. The molecule has 0 aliphatic carbocycles. The third kappa shape index (κ3) is 5.75. The summed E-state index contributed by atoms with van der Waals surface area (Å²) in [7, 11) is 0. The zero-order valence-electron chi connectivity index (χ0n) is 14.0. The monoisotopic (exact) mass is 316 g/mol. The molecule has 2 rings (SSSR count). The van der Waals surface area contributed by atoms with Crippen molar-refractivity contribution in [2.75, 3.05) is 5.32 Å². The molecule has 0 radical (unpaired) electrons. The molecule has 0 aliphatic rings. The van der Waals surface area contributed by atoms with E-state index in [-0.39, 0.29) is 6.04 Å². The van der Waals surface area contributed by atoms with Gasteiger partial charge in [0.15, 0.2) is 0 Å². The van der Waals surface area contributed by atoms with E-state index >= 15 is 0 Å². The lowest BCUT2D eigenvalue weighted by atomic mass is 10.1. The van der Waals surface area contributed by atoms with E-state index in [1.807, 2.05) is 45.0 Å². The SMILES string of the molecule is CC(NCc1cnc[nH]1)c1ccc(NC(=O)OC(C)(C)C)cc1. The zero-order valence-corrected chi connectivity index (χ0v) is 14.0. The molecule has 0 aliphatic heterocycles. The van der Waals surface area contributed by atoms with Crippen molar-refractivity contribution in [3.05, 3.63) is 48.0 Å².